The van der Waals surface area contributed by atoms with Gasteiger partial charge in [-0.25, -0.2) is 9.07 Å². The second kappa shape index (κ2) is 6.44. The second-order valence-electron chi connectivity index (χ2n) is 6.00. The molecule has 9 heteroatoms. The van der Waals surface area contributed by atoms with Gasteiger partial charge >= 0.3 is 0 Å². The molecule has 6 nitrogen and oxygen atoms in total. The molecular weight excluding hydrogens is 377 g/mol. The zero-order valence-electron chi connectivity index (χ0n) is 14.0. The maximum atomic E-state index is 13.7. The molecule has 3 heterocycles. The van der Waals surface area contributed by atoms with Gasteiger partial charge in [-0.1, -0.05) is 11.6 Å². The van der Waals surface area contributed by atoms with Gasteiger partial charge < -0.3 is 5.32 Å². The summed E-state index contributed by atoms with van der Waals surface area (Å²) in [4.78, 5) is 12.2. The van der Waals surface area contributed by atoms with Gasteiger partial charge in [-0.15, -0.1) is 11.8 Å². The standard InChI is InChI=1S/C17H15ClFN5OS/c1-9-11(6-20-23(9)2)16-12-7-21-24(17(12)22-15(25)8-26-16)14-5-10(19)3-4-13(14)18/h3-7,16H,8H2,1-2H3,(H,22,25). The molecule has 0 saturated heterocycles. The predicted molar refractivity (Wildman–Crippen MR) is 99.4 cm³/mol. The van der Waals surface area contributed by atoms with Crippen molar-refractivity contribution in [1.82, 2.24) is 19.6 Å². The van der Waals surface area contributed by atoms with Gasteiger partial charge in [-0.2, -0.15) is 10.2 Å². The fraction of sp³-hybridized carbons (Fsp3) is 0.235. The number of aromatic nitrogens is 4. The van der Waals surface area contributed by atoms with Gasteiger partial charge in [-0.3, -0.25) is 9.48 Å². The van der Waals surface area contributed by atoms with E-state index in [9.17, 15) is 9.18 Å². The highest BCUT2D eigenvalue weighted by Crippen LogP contribution is 2.43. The molecule has 0 radical (unpaired) electrons. The summed E-state index contributed by atoms with van der Waals surface area (Å²) in [6, 6.07) is 4.05. The van der Waals surface area contributed by atoms with Crippen LogP contribution in [-0.2, 0) is 11.8 Å². The van der Waals surface area contributed by atoms with Gasteiger partial charge in [0.2, 0.25) is 5.91 Å². The van der Waals surface area contributed by atoms with Crippen LogP contribution in [0.5, 0.6) is 0 Å². The van der Waals surface area contributed by atoms with Crippen LogP contribution in [0.4, 0.5) is 10.2 Å². The number of rotatable bonds is 2. The number of hydrogen-bond acceptors (Lipinski definition) is 4. The van der Waals surface area contributed by atoms with Crippen molar-refractivity contribution in [2.45, 2.75) is 12.2 Å². The van der Waals surface area contributed by atoms with Gasteiger partial charge in [0.15, 0.2) is 0 Å². The zero-order valence-corrected chi connectivity index (χ0v) is 15.6. The second-order valence-corrected chi connectivity index (χ2v) is 7.50. The lowest BCUT2D eigenvalue weighted by Crippen LogP contribution is -2.16. The van der Waals surface area contributed by atoms with Crippen molar-refractivity contribution < 1.29 is 9.18 Å². The highest BCUT2D eigenvalue weighted by atomic mass is 35.5. The van der Waals surface area contributed by atoms with Crippen LogP contribution in [0.25, 0.3) is 5.69 Å². The molecule has 2 aromatic heterocycles. The van der Waals surface area contributed by atoms with E-state index in [4.69, 9.17) is 11.6 Å². The Bertz CT molecular complexity index is 1010. The van der Waals surface area contributed by atoms with E-state index in [0.717, 1.165) is 16.8 Å². The van der Waals surface area contributed by atoms with E-state index >= 15 is 0 Å². The number of amides is 1. The molecule has 0 spiro atoms. The van der Waals surface area contributed by atoms with Crippen LogP contribution < -0.4 is 5.32 Å². The van der Waals surface area contributed by atoms with E-state index in [-0.39, 0.29) is 11.2 Å². The Hall–Kier alpha value is -2.32. The number of aryl methyl sites for hydroxylation is 1. The van der Waals surface area contributed by atoms with Gasteiger partial charge in [0, 0.05) is 29.9 Å². The zero-order chi connectivity index (χ0) is 18.4. The summed E-state index contributed by atoms with van der Waals surface area (Å²) in [5.41, 5.74) is 3.23. The first kappa shape index (κ1) is 17.1. The van der Waals surface area contributed by atoms with E-state index in [1.165, 1.54) is 34.6 Å². The molecule has 4 rings (SSSR count). The van der Waals surface area contributed by atoms with Gasteiger partial charge in [0.05, 0.1) is 34.1 Å². The smallest absolute Gasteiger partial charge is 0.235 e. The highest BCUT2D eigenvalue weighted by molar-refractivity contribution is 8.00. The Morgan fingerprint density at radius 3 is 2.81 bits per heavy atom. The average molecular weight is 392 g/mol. The first-order chi connectivity index (χ1) is 12.5. The van der Waals surface area contributed by atoms with Crippen molar-refractivity contribution in [3.8, 4) is 5.69 Å². The molecule has 1 aromatic carbocycles. The van der Waals surface area contributed by atoms with Crippen molar-refractivity contribution >= 4 is 35.1 Å². The number of anilines is 1. The van der Waals surface area contributed by atoms with Crippen LogP contribution in [0.1, 0.15) is 22.1 Å². The lowest BCUT2D eigenvalue weighted by Gasteiger charge is -2.14. The quantitative estimate of drug-likeness (QED) is 0.726. The van der Waals surface area contributed by atoms with Gasteiger partial charge in [0.25, 0.3) is 0 Å². The lowest BCUT2D eigenvalue weighted by atomic mass is 10.1. The first-order valence-electron chi connectivity index (χ1n) is 7.89. The molecule has 1 unspecified atom stereocenters. The molecule has 26 heavy (non-hydrogen) atoms. The number of benzene rings is 1. The van der Waals surface area contributed by atoms with E-state index in [0.29, 0.717) is 22.3 Å². The Kier molecular flexibility index (Phi) is 4.24. The largest absolute Gasteiger partial charge is 0.310 e. The molecule has 134 valence electrons. The molecule has 0 aliphatic carbocycles. The van der Waals surface area contributed by atoms with E-state index in [1.807, 2.05) is 14.0 Å². The summed E-state index contributed by atoms with van der Waals surface area (Å²) >= 11 is 7.74. The topological polar surface area (TPSA) is 64.7 Å². The van der Waals surface area contributed by atoms with Crippen molar-refractivity contribution in [1.29, 1.82) is 0 Å². The average Bonchev–Trinajstić information content (AvgIpc) is 3.11. The summed E-state index contributed by atoms with van der Waals surface area (Å²) in [6.45, 7) is 1.98. The van der Waals surface area contributed by atoms with Crippen molar-refractivity contribution in [3.05, 3.63) is 58.3 Å². The number of fused-ring (bicyclic) bond motifs is 1. The highest BCUT2D eigenvalue weighted by Gasteiger charge is 2.30. The van der Waals surface area contributed by atoms with E-state index in [2.05, 4.69) is 15.5 Å². The monoisotopic (exact) mass is 391 g/mol. The summed E-state index contributed by atoms with van der Waals surface area (Å²) in [7, 11) is 1.88. The first-order valence-corrected chi connectivity index (χ1v) is 9.31. The van der Waals surface area contributed by atoms with Crippen LogP contribution in [0.3, 0.4) is 0 Å². The minimum Gasteiger partial charge on any atom is -0.310 e. The fourth-order valence-electron chi connectivity index (χ4n) is 2.96. The van der Waals surface area contributed by atoms with Crippen molar-refractivity contribution in [3.63, 3.8) is 0 Å². The Morgan fingerprint density at radius 1 is 1.31 bits per heavy atom. The molecule has 1 aliphatic heterocycles. The van der Waals surface area contributed by atoms with E-state index in [1.54, 1.807) is 17.1 Å². The number of nitrogens with zero attached hydrogens (tertiary/aromatic N) is 4. The summed E-state index contributed by atoms with van der Waals surface area (Å²) in [5, 5.41) is 11.8. The third kappa shape index (κ3) is 2.79. The lowest BCUT2D eigenvalue weighted by molar-refractivity contribution is -0.113. The molecule has 3 aromatic rings. The molecule has 0 saturated carbocycles. The third-order valence-corrected chi connectivity index (χ3v) is 6.00. The summed E-state index contributed by atoms with van der Waals surface area (Å²) < 4.78 is 17.0. The summed E-state index contributed by atoms with van der Waals surface area (Å²) in [5.74, 6) is 0.225. The third-order valence-electron chi connectivity index (χ3n) is 4.41. The summed E-state index contributed by atoms with van der Waals surface area (Å²) in [6.07, 6.45) is 3.49. The number of hydrogen-bond donors (Lipinski definition) is 1. The molecule has 1 amide bonds. The fourth-order valence-corrected chi connectivity index (χ4v) is 4.31. The predicted octanol–water partition coefficient (Wildman–Crippen LogP) is 3.48. The molecule has 0 bridgehead atoms. The molecule has 0 fully saturated rings. The SMILES string of the molecule is Cc1c(C2SCC(=O)Nc3c2cnn3-c2cc(F)ccc2Cl)cnn1C. The Morgan fingerprint density at radius 2 is 2.08 bits per heavy atom. The van der Waals surface area contributed by atoms with Gasteiger partial charge in [-0.05, 0) is 19.1 Å². The molecular formula is C17H15ClFN5OS. The van der Waals surface area contributed by atoms with Crippen LogP contribution in [0.15, 0.2) is 30.6 Å². The minimum absolute atomic E-state index is 0.112. The number of carbonyl (C=O) groups is 1. The maximum absolute atomic E-state index is 13.7. The maximum Gasteiger partial charge on any atom is 0.235 e. The number of thioether (sulfide) groups is 1. The number of halogens is 2. The number of carbonyl (C=O) groups excluding carboxylic acids is 1. The molecule has 1 atom stereocenters. The Labute approximate surface area is 158 Å². The Balaban J connectivity index is 1.89. The van der Waals surface area contributed by atoms with Crippen molar-refractivity contribution in [2.75, 3.05) is 11.1 Å². The van der Waals surface area contributed by atoms with Crippen LogP contribution in [0, 0.1) is 12.7 Å². The molecule has 1 N–H and O–H groups in total. The van der Waals surface area contributed by atoms with E-state index < -0.39 is 5.82 Å². The molecule has 1 aliphatic rings. The van der Waals surface area contributed by atoms with Crippen LogP contribution >= 0.6 is 23.4 Å². The van der Waals surface area contributed by atoms with Gasteiger partial charge in [0.1, 0.15) is 11.6 Å². The normalized spacial score (nSPS) is 16.9. The van der Waals surface area contributed by atoms with Crippen LogP contribution in [-0.4, -0.2) is 31.2 Å². The van der Waals surface area contributed by atoms with Crippen LogP contribution in [0.2, 0.25) is 5.02 Å². The van der Waals surface area contributed by atoms with Crippen molar-refractivity contribution in [2.24, 2.45) is 7.05 Å². The number of nitrogens with one attached hydrogen (secondary N) is 1. The minimum atomic E-state index is -0.428.